The average molecular weight is 292 g/mol. The number of likely N-dealkylation sites (N-methyl/N-ethyl adjacent to an activating group) is 1. The van der Waals surface area contributed by atoms with Gasteiger partial charge >= 0.3 is 0 Å². The third-order valence-electron chi connectivity index (χ3n) is 4.46. The lowest BCUT2D eigenvalue weighted by Crippen LogP contribution is -2.52. The number of carbonyl (C=O) groups excluding carboxylic acids is 2. The molecule has 0 aromatic carbocycles. The molecule has 1 saturated carbocycles. The Kier molecular flexibility index (Phi) is 4.52. The SMILES string of the molecule is CN(C)C(=O)C1CCCN1CC(=O)NC(C)(C#N)C1CC1. The lowest BCUT2D eigenvalue weighted by Gasteiger charge is -2.28. The van der Waals surface area contributed by atoms with E-state index in [2.05, 4.69) is 11.4 Å². The first kappa shape index (κ1) is 15.8. The van der Waals surface area contributed by atoms with Gasteiger partial charge in [-0.25, -0.2) is 0 Å². The second-order valence-corrected chi connectivity index (χ2v) is 6.50. The summed E-state index contributed by atoms with van der Waals surface area (Å²) in [4.78, 5) is 27.8. The summed E-state index contributed by atoms with van der Waals surface area (Å²) in [7, 11) is 3.47. The van der Waals surface area contributed by atoms with Crippen LogP contribution in [0.5, 0.6) is 0 Å². The molecular weight excluding hydrogens is 268 g/mol. The van der Waals surface area contributed by atoms with E-state index in [9.17, 15) is 14.9 Å². The van der Waals surface area contributed by atoms with E-state index in [4.69, 9.17) is 0 Å². The van der Waals surface area contributed by atoms with Crippen molar-refractivity contribution >= 4 is 11.8 Å². The molecule has 2 atom stereocenters. The Morgan fingerprint density at radius 1 is 1.38 bits per heavy atom. The molecule has 6 nitrogen and oxygen atoms in total. The zero-order chi connectivity index (χ0) is 15.6. The number of nitrogens with one attached hydrogen (secondary N) is 1. The monoisotopic (exact) mass is 292 g/mol. The van der Waals surface area contributed by atoms with Gasteiger partial charge in [0.15, 0.2) is 0 Å². The summed E-state index contributed by atoms with van der Waals surface area (Å²) in [5, 5.41) is 12.1. The normalized spacial score (nSPS) is 25.0. The van der Waals surface area contributed by atoms with Crippen molar-refractivity contribution in [2.24, 2.45) is 5.92 Å². The molecule has 1 N–H and O–H groups in total. The largest absolute Gasteiger partial charge is 0.347 e. The van der Waals surface area contributed by atoms with Gasteiger partial charge in [0.2, 0.25) is 11.8 Å². The number of nitriles is 1. The van der Waals surface area contributed by atoms with Gasteiger partial charge in [0.05, 0.1) is 18.7 Å². The number of amides is 2. The Morgan fingerprint density at radius 3 is 2.57 bits per heavy atom. The number of likely N-dealkylation sites (tertiary alicyclic amines) is 1. The van der Waals surface area contributed by atoms with Crippen LogP contribution in [-0.2, 0) is 9.59 Å². The topological polar surface area (TPSA) is 76.4 Å². The van der Waals surface area contributed by atoms with E-state index in [1.807, 2.05) is 4.90 Å². The van der Waals surface area contributed by atoms with E-state index < -0.39 is 5.54 Å². The van der Waals surface area contributed by atoms with Crippen LogP contribution in [0.2, 0.25) is 0 Å². The first-order valence-electron chi connectivity index (χ1n) is 7.55. The van der Waals surface area contributed by atoms with Gasteiger partial charge < -0.3 is 10.2 Å². The molecule has 2 aliphatic rings. The minimum absolute atomic E-state index is 0.0468. The number of rotatable bonds is 5. The van der Waals surface area contributed by atoms with Crippen LogP contribution in [-0.4, -0.2) is 60.4 Å². The quantitative estimate of drug-likeness (QED) is 0.793. The summed E-state index contributed by atoms with van der Waals surface area (Å²) in [6, 6.07) is 2.01. The molecule has 21 heavy (non-hydrogen) atoms. The number of hydrogen-bond donors (Lipinski definition) is 1. The van der Waals surface area contributed by atoms with Gasteiger partial charge in [0.1, 0.15) is 5.54 Å². The molecule has 2 amide bonds. The number of carbonyl (C=O) groups is 2. The van der Waals surface area contributed by atoms with Gasteiger partial charge in [-0.3, -0.25) is 14.5 Å². The summed E-state index contributed by atoms with van der Waals surface area (Å²) in [6.45, 7) is 2.73. The highest BCUT2D eigenvalue weighted by Gasteiger charge is 2.43. The molecule has 2 rings (SSSR count). The van der Waals surface area contributed by atoms with Crippen molar-refractivity contribution in [1.82, 2.24) is 15.1 Å². The van der Waals surface area contributed by atoms with Crippen LogP contribution in [0.25, 0.3) is 0 Å². The predicted octanol–water partition coefficient (Wildman–Crippen LogP) is 0.347. The summed E-state index contributed by atoms with van der Waals surface area (Å²) in [6.07, 6.45) is 3.71. The molecule has 0 bridgehead atoms. The molecule has 0 aromatic rings. The Balaban J connectivity index is 1.93. The van der Waals surface area contributed by atoms with Crippen LogP contribution in [0.4, 0.5) is 0 Å². The maximum Gasteiger partial charge on any atom is 0.239 e. The molecule has 1 saturated heterocycles. The van der Waals surface area contributed by atoms with Crippen LogP contribution >= 0.6 is 0 Å². The fourth-order valence-electron chi connectivity index (χ4n) is 2.99. The molecule has 6 heteroatoms. The molecule has 1 heterocycles. The van der Waals surface area contributed by atoms with Crippen molar-refractivity contribution < 1.29 is 9.59 Å². The molecular formula is C15H24N4O2. The van der Waals surface area contributed by atoms with Crippen molar-refractivity contribution in [2.75, 3.05) is 27.2 Å². The second kappa shape index (κ2) is 6.02. The number of hydrogen-bond acceptors (Lipinski definition) is 4. The summed E-state index contributed by atoms with van der Waals surface area (Å²) in [5.74, 6) is 0.152. The van der Waals surface area contributed by atoms with Crippen molar-refractivity contribution in [3.63, 3.8) is 0 Å². The standard InChI is InChI=1S/C15H24N4O2/c1-15(10-16,11-6-7-11)17-13(20)9-19-8-4-5-12(19)14(21)18(2)3/h11-12H,4-9H2,1-3H3,(H,17,20). The number of nitrogens with zero attached hydrogens (tertiary/aromatic N) is 3. The minimum Gasteiger partial charge on any atom is -0.347 e. The maximum absolute atomic E-state index is 12.2. The zero-order valence-corrected chi connectivity index (χ0v) is 13.1. The molecule has 0 radical (unpaired) electrons. The van der Waals surface area contributed by atoms with Gasteiger partial charge in [0, 0.05) is 14.1 Å². The van der Waals surface area contributed by atoms with Crippen LogP contribution < -0.4 is 5.32 Å². The van der Waals surface area contributed by atoms with Crippen molar-refractivity contribution in [3.05, 3.63) is 0 Å². The molecule has 1 aliphatic heterocycles. The predicted molar refractivity (Wildman–Crippen MR) is 78.2 cm³/mol. The molecule has 2 unspecified atom stereocenters. The van der Waals surface area contributed by atoms with Crippen LogP contribution in [0.15, 0.2) is 0 Å². The first-order valence-corrected chi connectivity index (χ1v) is 7.55. The lowest BCUT2D eigenvalue weighted by atomic mass is 9.98. The fraction of sp³-hybridized carbons (Fsp3) is 0.800. The Morgan fingerprint density at radius 2 is 2.05 bits per heavy atom. The third kappa shape index (κ3) is 3.53. The molecule has 0 aromatic heterocycles. The Bertz CT molecular complexity index is 467. The van der Waals surface area contributed by atoms with Crippen molar-refractivity contribution in [1.29, 1.82) is 5.26 Å². The molecule has 1 aliphatic carbocycles. The van der Waals surface area contributed by atoms with Gasteiger partial charge in [-0.15, -0.1) is 0 Å². The van der Waals surface area contributed by atoms with E-state index >= 15 is 0 Å². The fourth-order valence-corrected chi connectivity index (χ4v) is 2.99. The summed E-state index contributed by atoms with van der Waals surface area (Å²) >= 11 is 0. The third-order valence-corrected chi connectivity index (χ3v) is 4.46. The Hall–Kier alpha value is -1.61. The smallest absolute Gasteiger partial charge is 0.239 e. The molecule has 2 fully saturated rings. The second-order valence-electron chi connectivity index (χ2n) is 6.50. The van der Waals surface area contributed by atoms with Crippen molar-refractivity contribution in [3.8, 4) is 6.07 Å². The van der Waals surface area contributed by atoms with E-state index in [0.29, 0.717) is 0 Å². The van der Waals surface area contributed by atoms with Gasteiger partial charge in [-0.1, -0.05) is 0 Å². The highest BCUT2D eigenvalue weighted by atomic mass is 16.2. The van der Waals surface area contributed by atoms with E-state index in [-0.39, 0.29) is 30.3 Å². The highest BCUT2D eigenvalue weighted by molar-refractivity contribution is 5.84. The Labute approximate surface area is 126 Å². The van der Waals surface area contributed by atoms with Gasteiger partial charge in [-0.05, 0) is 45.1 Å². The average Bonchev–Trinajstić information content (AvgIpc) is 3.19. The van der Waals surface area contributed by atoms with E-state index in [1.54, 1.807) is 25.9 Å². The van der Waals surface area contributed by atoms with Gasteiger partial charge in [-0.2, -0.15) is 5.26 Å². The van der Waals surface area contributed by atoms with Gasteiger partial charge in [0.25, 0.3) is 0 Å². The highest BCUT2D eigenvalue weighted by Crippen LogP contribution is 2.39. The molecule has 116 valence electrons. The lowest BCUT2D eigenvalue weighted by molar-refractivity contribution is -0.134. The minimum atomic E-state index is -0.766. The maximum atomic E-state index is 12.2. The van der Waals surface area contributed by atoms with Crippen molar-refractivity contribution in [2.45, 2.75) is 44.2 Å². The summed E-state index contributed by atoms with van der Waals surface area (Å²) < 4.78 is 0. The first-order chi connectivity index (χ1) is 9.87. The van der Waals surface area contributed by atoms with Crippen LogP contribution in [0, 0.1) is 17.2 Å². The van der Waals surface area contributed by atoms with E-state index in [1.165, 1.54) is 0 Å². The van der Waals surface area contributed by atoms with Crippen LogP contribution in [0.3, 0.4) is 0 Å². The van der Waals surface area contributed by atoms with E-state index in [0.717, 1.165) is 32.2 Å². The van der Waals surface area contributed by atoms with Crippen LogP contribution in [0.1, 0.15) is 32.6 Å². The zero-order valence-electron chi connectivity index (χ0n) is 13.1. The summed E-state index contributed by atoms with van der Waals surface area (Å²) in [5.41, 5.74) is -0.766. The molecule has 0 spiro atoms.